The van der Waals surface area contributed by atoms with Crippen LogP contribution < -0.4 is 10.6 Å². The van der Waals surface area contributed by atoms with E-state index in [1.165, 1.54) is 0 Å². The first-order valence-corrected chi connectivity index (χ1v) is 10.0. The van der Waals surface area contributed by atoms with Crippen molar-refractivity contribution >= 4 is 18.0 Å². The molecule has 158 valence electrons. The molecule has 0 saturated heterocycles. The molecule has 2 bridgehead atoms. The van der Waals surface area contributed by atoms with Gasteiger partial charge < -0.3 is 20.1 Å². The molecule has 4 unspecified atom stereocenters. The van der Waals surface area contributed by atoms with Crippen LogP contribution in [0.25, 0.3) is 0 Å². The fourth-order valence-electron chi connectivity index (χ4n) is 3.79. The van der Waals surface area contributed by atoms with Gasteiger partial charge in [-0.1, -0.05) is 19.1 Å². The molecular formula is C21H34N2O5. The molecule has 2 aliphatic carbocycles. The molecule has 1 fully saturated rings. The predicted octanol–water partition coefficient (Wildman–Crippen LogP) is 2.94. The minimum atomic E-state index is -0.711. The first-order chi connectivity index (χ1) is 12.8. The van der Waals surface area contributed by atoms with E-state index in [9.17, 15) is 14.4 Å². The van der Waals surface area contributed by atoms with Crippen molar-refractivity contribution in [2.24, 2.45) is 17.8 Å². The van der Waals surface area contributed by atoms with Crippen LogP contribution in [0.2, 0.25) is 0 Å². The maximum absolute atomic E-state index is 13.0. The Morgan fingerprint density at radius 2 is 1.57 bits per heavy atom. The van der Waals surface area contributed by atoms with Crippen LogP contribution in [0, 0.1) is 17.8 Å². The van der Waals surface area contributed by atoms with Crippen LogP contribution in [0.5, 0.6) is 0 Å². The highest BCUT2D eigenvalue weighted by Crippen LogP contribution is 2.44. The molecule has 2 rings (SSSR count). The van der Waals surface area contributed by atoms with Gasteiger partial charge in [0.05, 0.1) is 12.0 Å². The van der Waals surface area contributed by atoms with Crippen LogP contribution in [0.3, 0.4) is 0 Å². The topological polar surface area (TPSA) is 93.7 Å². The van der Waals surface area contributed by atoms with Crippen LogP contribution in [-0.4, -0.2) is 41.3 Å². The van der Waals surface area contributed by atoms with Crippen molar-refractivity contribution in [2.45, 2.75) is 84.6 Å². The van der Waals surface area contributed by atoms with Crippen LogP contribution in [0.1, 0.15) is 61.3 Å². The van der Waals surface area contributed by atoms with Crippen molar-refractivity contribution < 1.29 is 23.9 Å². The molecule has 7 nitrogen and oxygen atoms in total. The van der Waals surface area contributed by atoms with Gasteiger partial charge >= 0.3 is 12.1 Å². The van der Waals surface area contributed by atoms with Crippen molar-refractivity contribution in [1.82, 2.24) is 10.6 Å². The number of hydrogen-bond donors (Lipinski definition) is 2. The van der Waals surface area contributed by atoms with E-state index >= 15 is 0 Å². The third kappa shape index (κ3) is 5.72. The number of nitrogens with one attached hydrogen (secondary N) is 2. The first kappa shape index (κ1) is 22.2. The Kier molecular flexibility index (Phi) is 6.46. The van der Waals surface area contributed by atoms with Gasteiger partial charge in [0, 0.05) is 0 Å². The monoisotopic (exact) mass is 394 g/mol. The van der Waals surface area contributed by atoms with Gasteiger partial charge in [-0.3, -0.25) is 4.79 Å². The van der Waals surface area contributed by atoms with E-state index in [1.54, 1.807) is 41.5 Å². The Morgan fingerprint density at radius 1 is 1.00 bits per heavy atom. The van der Waals surface area contributed by atoms with Gasteiger partial charge in [-0.15, -0.1) is 0 Å². The van der Waals surface area contributed by atoms with Gasteiger partial charge in [0.25, 0.3) is 0 Å². The van der Waals surface area contributed by atoms with Gasteiger partial charge in [-0.05, 0) is 66.2 Å². The van der Waals surface area contributed by atoms with Gasteiger partial charge in [0.2, 0.25) is 5.91 Å². The summed E-state index contributed by atoms with van der Waals surface area (Å²) in [6.07, 6.45) is 4.78. The summed E-state index contributed by atoms with van der Waals surface area (Å²) < 4.78 is 10.8. The Balaban J connectivity index is 2.06. The Hall–Kier alpha value is -2.05. The Bertz CT molecular complexity index is 644. The van der Waals surface area contributed by atoms with Crippen LogP contribution in [-0.2, 0) is 19.1 Å². The van der Waals surface area contributed by atoms with E-state index in [-0.39, 0.29) is 23.8 Å². The highest BCUT2D eigenvalue weighted by Gasteiger charge is 2.49. The molecule has 0 aromatic carbocycles. The van der Waals surface area contributed by atoms with Gasteiger partial charge in [-0.25, -0.2) is 9.59 Å². The third-order valence-electron chi connectivity index (χ3n) is 4.86. The predicted molar refractivity (Wildman–Crippen MR) is 105 cm³/mol. The van der Waals surface area contributed by atoms with Crippen LogP contribution >= 0.6 is 0 Å². The lowest BCUT2D eigenvalue weighted by Gasteiger charge is -2.31. The maximum atomic E-state index is 13.0. The maximum Gasteiger partial charge on any atom is 0.407 e. The molecular weight excluding hydrogens is 360 g/mol. The number of hydrogen-bond acceptors (Lipinski definition) is 5. The summed E-state index contributed by atoms with van der Waals surface area (Å²) in [5.74, 6) is -0.982. The minimum Gasteiger partial charge on any atom is -0.458 e. The normalized spacial score (nSPS) is 27.2. The molecule has 0 aromatic heterocycles. The Labute approximate surface area is 167 Å². The van der Waals surface area contributed by atoms with E-state index in [2.05, 4.69) is 10.6 Å². The molecule has 0 radical (unpaired) electrons. The number of alkyl carbamates (subject to hydrolysis) is 1. The quantitative estimate of drug-likeness (QED) is 0.552. The molecule has 2 aliphatic rings. The van der Waals surface area contributed by atoms with E-state index < -0.39 is 35.2 Å². The molecule has 0 aromatic rings. The number of ether oxygens (including phenoxy) is 2. The lowest BCUT2D eigenvalue weighted by molar-refractivity contribution is -0.159. The smallest absolute Gasteiger partial charge is 0.407 e. The largest absolute Gasteiger partial charge is 0.458 e. The number of carbonyl (C=O) groups excluding carboxylic acids is 3. The van der Waals surface area contributed by atoms with E-state index in [0.29, 0.717) is 6.42 Å². The zero-order chi connectivity index (χ0) is 21.3. The number of allylic oxidation sites excluding steroid dienone is 1. The number of rotatable bonds is 5. The van der Waals surface area contributed by atoms with Crippen molar-refractivity contribution in [3.8, 4) is 0 Å². The van der Waals surface area contributed by atoms with E-state index in [4.69, 9.17) is 9.47 Å². The SMILES string of the molecule is CC[C@H](NC(=O)C1C2C=CC(C2)C1NC(=O)OC(C)(C)C)C(=O)OC(C)(C)C. The van der Waals surface area contributed by atoms with Crippen molar-refractivity contribution in [3.63, 3.8) is 0 Å². The van der Waals surface area contributed by atoms with Gasteiger partial charge in [-0.2, -0.15) is 0 Å². The summed E-state index contributed by atoms with van der Waals surface area (Å²) in [6.45, 7) is 12.6. The second-order valence-electron chi connectivity index (χ2n) is 9.65. The highest BCUT2D eigenvalue weighted by molar-refractivity contribution is 5.87. The van der Waals surface area contributed by atoms with Gasteiger partial charge in [0.15, 0.2) is 0 Å². The summed E-state index contributed by atoms with van der Waals surface area (Å²) in [4.78, 5) is 37.6. The average molecular weight is 395 g/mol. The van der Waals surface area contributed by atoms with Crippen LogP contribution in [0.15, 0.2) is 12.2 Å². The second kappa shape index (κ2) is 8.13. The van der Waals surface area contributed by atoms with Gasteiger partial charge in [0.1, 0.15) is 17.2 Å². The van der Waals surface area contributed by atoms with Crippen molar-refractivity contribution in [1.29, 1.82) is 0 Å². The number of fused-ring (bicyclic) bond motifs is 2. The van der Waals surface area contributed by atoms with Crippen molar-refractivity contribution in [3.05, 3.63) is 12.2 Å². The fourth-order valence-corrected chi connectivity index (χ4v) is 3.79. The zero-order valence-electron chi connectivity index (χ0n) is 18.0. The standard InChI is InChI=1S/C21H34N2O5/c1-8-14(18(25)27-20(2,3)4)22-17(24)15-12-9-10-13(11-12)16(15)23-19(26)28-21(5,6)7/h9-10,12-16H,8,11H2,1-7H3,(H,22,24)(H,23,26)/t12?,13?,14-,15?,16?/m0/s1. The number of esters is 1. The molecule has 0 heterocycles. The molecule has 5 atom stereocenters. The van der Waals surface area contributed by atoms with Crippen molar-refractivity contribution in [2.75, 3.05) is 0 Å². The summed E-state index contributed by atoms with van der Waals surface area (Å²) in [6, 6.07) is -1.06. The highest BCUT2D eigenvalue weighted by atomic mass is 16.6. The van der Waals surface area contributed by atoms with Crippen LogP contribution in [0.4, 0.5) is 4.79 Å². The summed E-state index contributed by atoms with van der Waals surface area (Å²) in [7, 11) is 0. The summed E-state index contributed by atoms with van der Waals surface area (Å²) in [5.41, 5.74) is -1.23. The van der Waals surface area contributed by atoms with E-state index in [0.717, 1.165) is 6.42 Å². The summed E-state index contributed by atoms with van der Waals surface area (Å²) in [5, 5.41) is 5.69. The average Bonchev–Trinajstić information content (AvgIpc) is 3.09. The molecule has 7 heteroatoms. The lowest BCUT2D eigenvalue weighted by atomic mass is 9.88. The number of amides is 2. The molecule has 1 saturated carbocycles. The molecule has 2 amide bonds. The third-order valence-corrected chi connectivity index (χ3v) is 4.86. The molecule has 2 N–H and O–H groups in total. The Morgan fingerprint density at radius 3 is 2.11 bits per heavy atom. The molecule has 0 aliphatic heterocycles. The first-order valence-electron chi connectivity index (χ1n) is 10.0. The fraction of sp³-hybridized carbons (Fsp3) is 0.762. The second-order valence-corrected chi connectivity index (χ2v) is 9.65. The molecule has 0 spiro atoms. The molecule has 28 heavy (non-hydrogen) atoms. The minimum absolute atomic E-state index is 0.0427. The zero-order valence-corrected chi connectivity index (χ0v) is 18.0. The number of carbonyl (C=O) groups is 3. The van der Waals surface area contributed by atoms with E-state index in [1.807, 2.05) is 19.1 Å². The summed E-state index contributed by atoms with van der Waals surface area (Å²) >= 11 is 0. The lowest BCUT2D eigenvalue weighted by Crippen LogP contribution is -2.53.